The Hall–Kier alpha value is -2.37. The minimum atomic E-state index is -2.20. The molecule has 5 heteroatoms. The topological polar surface area (TPSA) is 66.8 Å². The summed E-state index contributed by atoms with van der Waals surface area (Å²) >= 11 is 0. The molecule has 0 aromatic heterocycles. The van der Waals surface area contributed by atoms with E-state index in [-0.39, 0.29) is 17.6 Å². The van der Waals surface area contributed by atoms with Crippen molar-refractivity contribution in [2.45, 2.75) is 39.7 Å². The van der Waals surface area contributed by atoms with E-state index >= 15 is 0 Å². The quantitative estimate of drug-likeness (QED) is 0.417. The molecule has 2 rings (SSSR count). The van der Waals surface area contributed by atoms with Crippen molar-refractivity contribution in [3.63, 3.8) is 0 Å². The van der Waals surface area contributed by atoms with Gasteiger partial charge in [0.1, 0.15) is 0 Å². The van der Waals surface area contributed by atoms with Gasteiger partial charge in [-0.2, -0.15) is 0 Å². The molecule has 2 aromatic carbocycles. The number of carboxylic acid groups (broad SMARTS) is 1. The largest absolute Gasteiger partial charge is 0.533 e. The van der Waals surface area contributed by atoms with Crippen LogP contribution in [0, 0.1) is 5.41 Å². The minimum absolute atomic E-state index is 0.0249. The van der Waals surface area contributed by atoms with Crippen molar-refractivity contribution in [2.75, 3.05) is 0 Å². The van der Waals surface area contributed by atoms with Gasteiger partial charge in [-0.3, -0.25) is 0 Å². The summed E-state index contributed by atoms with van der Waals surface area (Å²) in [6.45, 7) is 6.13. The third-order valence-electron chi connectivity index (χ3n) is 4.08. The van der Waals surface area contributed by atoms with E-state index in [1.54, 1.807) is 0 Å². The summed E-state index contributed by atoms with van der Waals surface area (Å²) in [5, 5.41) is 21.8. The van der Waals surface area contributed by atoms with Crippen molar-refractivity contribution < 1.29 is 19.4 Å². The van der Waals surface area contributed by atoms with Gasteiger partial charge in [0.2, 0.25) is 0 Å². The van der Waals surface area contributed by atoms with Crippen molar-refractivity contribution in [2.24, 2.45) is 5.41 Å². The summed E-state index contributed by atoms with van der Waals surface area (Å²) in [5.41, 5.74) is -0.0249. The van der Waals surface area contributed by atoms with Crippen molar-refractivity contribution in [3.05, 3.63) is 72.5 Å². The zero-order valence-electron chi connectivity index (χ0n) is 16.1. The van der Waals surface area contributed by atoms with Gasteiger partial charge in [0, 0.05) is 0 Å². The van der Waals surface area contributed by atoms with Gasteiger partial charge in [-0.25, -0.2) is 4.79 Å². The normalized spacial score (nSPS) is 13.4. The van der Waals surface area contributed by atoms with Crippen LogP contribution in [0.2, 0.25) is 0 Å². The third-order valence-corrected chi connectivity index (χ3v) is 6.55. The van der Waals surface area contributed by atoms with Gasteiger partial charge in [0.05, 0.1) is 6.10 Å². The molecule has 4 nitrogen and oxygen atoms in total. The fraction of sp³-hybridized carbons (Fsp3) is 0.318. The number of carboxylic acids is 1. The van der Waals surface area contributed by atoms with Crippen LogP contribution in [0.4, 0.5) is 0 Å². The van der Waals surface area contributed by atoms with Crippen LogP contribution in [0.5, 0.6) is 0 Å². The first-order valence-electron chi connectivity index (χ1n) is 9.14. The average molecular weight is 385 g/mol. The third kappa shape index (κ3) is 7.04. The first kappa shape index (κ1) is 20.9. The molecule has 0 aliphatic heterocycles. The van der Waals surface area contributed by atoms with E-state index < -0.39 is 21.1 Å². The average Bonchev–Trinajstić information content (AvgIpc) is 2.61. The lowest BCUT2D eigenvalue weighted by molar-refractivity contribution is -0.135. The Bertz CT molecular complexity index is 711. The zero-order chi connectivity index (χ0) is 19.9. The summed E-state index contributed by atoms with van der Waals surface area (Å²) in [6.07, 6.45) is 1.75. The molecule has 2 aromatic rings. The van der Waals surface area contributed by atoms with Gasteiger partial charge in [-0.05, 0) is 34.7 Å². The molecule has 0 aliphatic carbocycles. The Labute approximate surface area is 162 Å². The molecule has 144 valence electrons. The smallest absolute Gasteiger partial charge is 0.369 e. The Kier molecular flexibility index (Phi) is 7.39. The summed E-state index contributed by atoms with van der Waals surface area (Å²) in [7, 11) is -2.20. The predicted octanol–water partition coefficient (Wildman–Crippen LogP) is 2.70. The second kappa shape index (κ2) is 9.53. The molecule has 0 aliphatic rings. The number of carbonyl (C=O) groups is 1. The number of hydrogen-bond acceptors (Lipinski definition) is 3. The van der Waals surface area contributed by atoms with E-state index in [2.05, 4.69) is 0 Å². The number of hydrogen-bond donors (Lipinski definition) is 2. The first-order chi connectivity index (χ1) is 12.8. The molecular weight excluding hydrogens is 356 g/mol. The van der Waals surface area contributed by atoms with Crippen LogP contribution in [0.1, 0.15) is 33.6 Å². The van der Waals surface area contributed by atoms with Crippen molar-refractivity contribution >= 4 is 25.4 Å². The SMILES string of the molecule is CC(C)(C)C[C@@H](O)CC=C(O[SiH](c1ccccc1)c1ccccc1)C(=O)O. The summed E-state index contributed by atoms with van der Waals surface area (Å²) in [4.78, 5) is 11.7. The van der Waals surface area contributed by atoms with Crippen LogP contribution < -0.4 is 10.4 Å². The van der Waals surface area contributed by atoms with E-state index in [1.807, 2.05) is 81.4 Å². The molecule has 0 unspecified atom stereocenters. The molecule has 2 N–H and O–H groups in total. The van der Waals surface area contributed by atoms with E-state index in [0.29, 0.717) is 6.42 Å². The maximum atomic E-state index is 11.7. The molecule has 0 saturated carbocycles. The molecule has 0 bridgehead atoms. The van der Waals surface area contributed by atoms with E-state index in [0.717, 1.165) is 10.4 Å². The fourth-order valence-electron chi connectivity index (χ4n) is 2.93. The maximum Gasteiger partial charge on any atom is 0.369 e. The number of aliphatic hydroxyl groups excluding tert-OH is 1. The van der Waals surface area contributed by atoms with Crippen LogP contribution in [0.25, 0.3) is 0 Å². The highest BCUT2D eigenvalue weighted by molar-refractivity contribution is 6.80. The van der Waals surface area contributed by atoms with E-state index in [4.69, 9.17) is 4.43 Å². The van der Waals surface area contributed by atoms with Crippen molar-refractivity contribution in [3.8, 4) is 0 Å². The highest BCUT2D eigenvalue weighted by Gasteiger charge is 2.23. The fourth-order valence-corrected chi connectivity index (χ4v) is 5.18. The van der Waals surface area contributed by atoms with Crippen LogP contribution in [0.15, 0.2) is 72.5 Å². The summed E-state index contributed by atoms with van der Waals surface area (Å²) in [5.74, 6) is -1.20. The lowest BCUT2D eigenvalue weighted by Gasteiger charge is -2.22. The molecular formula is C22H28O4Si. The number of rotatable bonds is 8. The van der Waals surface area contributed by atoms with Crippen LogP contribution in [-0.2, 0) is 9.22 Å². The zero-order valence-corrected chi connectivity index (χ0v) is 17.3. The highest BCUT2D eigenvalue weighted by atomic mass is 28.3. The molecule has 0 fully saturated rings. The minimum Gasteiger partial charge on any atom is -0.533 e. The Morgan fingerprint density at radius 1 is 1.04 bits per heavy atom. The van der Waals surface area contributed by atoms with Gasteiger partial charge in [0.25, 0.3) is 9.04 Å². The number of aliphatic carboxylic acids is 1. The van der Waals surface area contributed by atoms with Gasteiger partial charge in [-0.1, -0.05) is 81.4 Å². The highest BCUT2D eigenvalue weighted by Crippen LogP contribution is 2.22. The van der Waals surface area contributed by atoms with Crippen molar-refractivity contribution in [1.82, 2.24) is 0 Å². The Morgan fingerprint density at radius 2 is 1.52 bits per heavy atom. The van der Waals surface area contributed by atoms with Crippen molar-refractivity contribution in [1.29, 1.82) is 0 Å². The Balaban J connectivity index is 2.24. The lowest BCUT2D eigenvalue weighted by Crippen LogP contribution is -2.45. The standard InChI is InChI=1S/C22H28O4Si/c1-22(2,3)16-17(23)14-15-20(21(24)25)26-27(18-10-6-4-7-11-18)19-12-8-5-9-13-19/h4-13,15,17,23,27H,14,16H2,1-3H3,(H,24,25)/t17-/m0/s1. The predicted molar refractivity (Wildman–Crippen MR) is 111 cm³/mol. The second-order valence-corrected chi connectivity index (χ2v) is 10.2. The van der Waals surface area contributed by atoms with E-state index in [9.17, 15) is 15.0 Å². The molecule has 1 atom stereocenters. The molecule has 0 saturated heterocycles. The molecule has 0 spiro atoms. The van der Waals surface area contributed by atoms with E-state index in [1.165, 1.54) is 6.08 Å². The molecule has 0 heterocycles. The lowest BCUT2D eigenvalue weighted by atomic mass is 9.88. The van der Waals surface area contributed by atoms with Crippen LogP contribution in [0.3, 0.4) is 0 Å². The summed E-state index contributed by atoms with van der Waals surface area (Å²) < 4.78 is 6.05. The second-order valence-electron chi connectivity index (χ2n) is 7.85. The van der Waals surface area contributed by atoms with Gasteiger partial charge in [0.15, 0.2) is 5.76 Å². The molecule has 0 radical (unpaired) electrons. The molecule has 0 amide bonds. The first-order valence-corrected chi connectivity index (χ1v) is 10.8. The Morgan fingerprint density at radius 3 is 1.93 bits per heavy atom. The molecule has 27 heavy (non-hydrogen) atoms. The maximum absolute atomic E-state index is 11.7. The summed E-state index contributed by atoms with van der Waals surface area (Å²) in [6, 6.07) is 19.5. The number of aliphatic hydroxyl groups is 1. The van der Waals surface area contributed by atoms with Crippen LogP contribution in [-0.4, -0.2) is 31.3 Å². The van der Waals surface area contributed by atoms with Crippen LogP contribution >= 0.6 is 0 Å². The van der Waals surface area contributed by atoms with Gasteiger partial charge >= 0.3 is 5.97 Å². The van der Waals surface area contributed by atoms with Gasteiger partial charge in [-0.15, -0.1) is 0 Å². The number of benzene rings is 2. The monoisotopic (exact) mass is 384 g/mol. The van der Waals surface area contributed by atoms with Gasteiger partial charge < -0.3 is 14.6 Å².